The largest absolute Gasteiger partial charge is 0.396 e. The summed E-state index contributed by atoms with van der Waals surface area (Å²) in [5.74, 6) is 0.504. The standard InChI is InChI=1S/C14H21NO/c16-12-14-7-4-9-15(11-14)10-8-13-5-2-1-3-6-13/h1-3,5-6,14,16H,4,7-12H2/t14-/m1/s1. The van der Waals surface area contributed by atoms with E-state index in [0.29, 0.717) is 12.5 Å². The maximum Gasteiger partial charge on any atom is 0.0471 e. The van der Waals surface area contributed by atoms with Crippen LogP contribution in [0, 0.1) is 5.92 Å². The Morgan fingerprint density at radius 3 is 2.81 bits per heavy atom. The van der Waals surface area contributed by atoms with Gasteiger partial charge in [0.25, 0.3) is 0 Å². The molecule has 1 aromatic carbocycles. The topological polar surface area (TPSA) is 23.5 Å². The number of hydrogen-bond donors (Lipinski definition) is 1. The Kier molecular flexibility index (Phi) is 4.37. The van der Waals surface area contributed by atoms with Crippen molar-refractivity contribution < 1.29 is 5.11 Å². The number of aliphatic hydroxyl groups is 1. The lowest BCUT2D eigenvalue weighted by atomic mass is 9.98. The zero-order valence-corrected chi connectivity index (χ0v) is 9.81. The van der Waals surface area contributed by atoms with Crippen molar-refractivity contribution in [2.75, 3.05) is 26.2 Å². The van der Waals surface area contributed by atoms with Gasteiger partial charge < -0.3 is 10.0 Å². The lowest BCUT2D eigenvalue weighted by Gasteiger charge is -2.31. The normalized spacial score (nSPS) is 22.2. The monoisotopic (exact) mass is 219 g/mol. The second-order valence-corrected chi connectivity index (χ2v) is 4.73. The lowest BCUT2D eigenvalue weighted by Crippen LogP contribution is -2.37. The summed E-state index contributed by atoms with van der Waals surface area (Å²) in [7, 11) is 0. The molecule has 0 unspecified atom stereocenters. The van der Waals surface area contributed by atoms with E-state index in [1.165, 1.54) is 24.9 Å². The first-order valence-corrected chi connectivity index (χ1v) is 6.25. The molecule has 1 atom stereocenters. The lowest BCUT2D eigenvalue weighted by molar-refractivity contribution is 0.121. The molecule has 1 N–H and O–H groups in total. The molecule has 1 fully saturated rings. The number of piperidine rings is 1. The van der Waals surface area contributed by atoms with E-state index in [1.54, 1.807) is 0 Å². The molecule has 2 rings (SSSR count). The molecule has 88 valence electrons. The Labute approximate surface area is 97.9 Å². The van der Waals surface area contributed by atoms with Crippen LogP contribution < -0.4 is 0 Å². The fraction of sp³-hybridized carbons (Fsp3) is 0.571. The number of likely N-dealkylation sites (tertiary alicyclic amines) is 1. The van der Waals surface area contributed by atoms with E-state index < -0.39 is 0 Å². The second kappa shape index (κ2) is 6.02. The van der Waals surface area contributed by atoms with Gasteiger partial charge in [0.05, 0.1) is 0 Å². The van der Waals surface area contributed by atoms with Crippen LogP contribution in [0.15, 0.2) is 30.3 Å². The van der Waals surface area contributed by atoms with Crippen molar-refractivity contribution >= 4 is 0 Å². The van der Waals surface area contributed by atoms with E-state index >= 15 is 0 Å². The highest BCUT2D eigenvalue weighted by Gasteiger charge is 2.18. The summed E-state index contributed by atoms with van der Waals surface area (Å²) < 4.78 is 0. The average molecular weight is 219 g/mol. The van der Waals surface area contributed by atoms with E-state index in [1.807, 2.05) is 0 Å². The third-order valence-corrected chi connectivity index (χ3v) is 3.42. The van der Waals surface area contributed by atoms with Crippen molar-refractivity contribution in [1.29, 1.82) is 0 Å². The van der Waals surface area contributed by atoms with Crippen molar-refractivity contribution in [2.24, 2.45) is 5.92 Å². The highest BCUT2D eigenvalue weighted by atomic mass is 16.3. The minimum atomic E-state index is 0.349. The summed E-state index contributed by atoms with van der Waals surface area (Å²) >= 11 is 0. The summed E-state index contributed by atoms with van der Waals surface area (Å²) in [5.41, 5.74) is 1.41. The quantitative estimate of drug-likeness (QED) is 0.836. The van der Waals surface area contributed by atoms with Crippen molar-refractivity contribution in [3.8, 4) is 0 Å². The number of rotatable bonds is 4. The zero-order chi connectivity index (χ0) is 11.2. The maximum atomic E-state index is 9.17. The van der Waals surface area contributed by atoms with E-state index in [-0.39, 0.29) is 0 Å². The Morgan fingerprint density at radius 2 is 2.06 bits per heavy atom. The molecule has 1 aromatic rings. The fourth-order valence-corrected chi connectivity index (χ4v) is 2.44. The average Bonchev–Trinajstić information content (AvgIpc) is 2.38. The highest BCUT2D eigenvalue weighted by molar-refractivity contribution is 5.14. The third kappa shape index (κ3) is 3.32. The van der Waals surface area contributed by atoms with Gasteiger partial charge in [-0.2, -0.15) is 0 Å². The molecule has 1 saturated heterocycles. The number of benzene rings is 1. The van der Waals surface area contributed by atoms with Gasteiger partial charge in [0.1, 0.15) is 0 Å². The Hall–Kier alpha value is -0.860. The third-order valence-electron chi connectivity index (χ3n) is 3.42. The van der Waals surface area contributed by atoms with Gasteiger partial charge in [-0.1, -0.05) is 30.3 Å². The first-order chi connectivity index (χ1) is 7.88. The summed E-state index contributed by atoms with van der Waals surface area (Å²) in [5, 5.41) is 9.17. The maximum absolute atomic E-state index is 9.17. The van der Waals surface area contributed by atoms with E-state index in [2.05, 4.69) is 35.2 Å². The summed E-state index contributed by atoms with van der Waals surface area (Å²) in [6.45, 7) is 3.75. The van der Waals surface area contributed by atoms with E-state index in [0.717, 1.165) is 19.5 Å². The number of hydrogen-bond acceptors (Lipinski definition) is 2. The molecule has 0 saturated carbocycles. The number of nitrogens with zero attached hydrogens (tertiary/aromatic N) is 1. The van der Waals surface area contributed by atoms with Crippen molar-refractivity contribution in [3.63, 3.8) is 0 Å². The first kappa shape index (κ1) is 11.6. The molecule has 0 aliphatic carbocycles. The Bertz CT molecular complexity index is 299. The molecular formula is C14H21NO. The van der Waals surface area contributed by atoms with Gasteiger partial charge in [-0.05, 0) is 37.3 Å². The van der Waals surface area contributed by atoms with Crippen LogP contribution in [0.5, 0.6) is 0 Å². The van der Waals surface area contributed by atoms with Gasteiger partial charge in [0.15, 0.2) is 0 Å². The predicted molar refractivity (Wildman–Crippen MR) is 66.4 cm³/mol. The van der Waals surface area contributed by atoms with Gasteiger partial charge in [-0.15, -0.1) is 0 Å². The van der Waals surface area contributed by atoms with Gasteiger partial charge in [0, 0.05) is 19.7 Å². The minimum absolute atomic E-state index is 0.349. The summed E-state index contributed by atoms with van der Waals surface area (Å²) in [6.07, 6.45) is 3.55. The molecule has 16 heavy (non-hydrogen) atoms. The summed E-state index contributed by atoms with van der Waals surface area (Å²) in [6, 6.07) is 10.6. The smallest absolute Gasteiger partial charge is 0.0471 e. The van der Waals surface area contributed by atoms with Crippen LogP contribution in [0.3, 0.4) is 0 Å². The van der Waals surface area contributed by atoms with E-state index in [9.17, 15) is 0 Å². The highest BCUT2D eigenvalue weighted by Crippen LogP contribution is 2.16. The molecule has 0 bridgehead atoms. The van der Waals surface area contributed by atoms with Crippen LogP contribution in [-0.2, 0) is 6.42 Å². The molecule has 0 amide bonds. The van der Waals surface area contributed by atoms with Crippen LogP contribution in [0.25, 0.3) is 0 Å². The van der Waals surface area contributed by atoms with Gasteiger partial charge in [0.2, 0.25) is 0 Å². The first-order valence-electron chi connectivity index (χ1n) is 6.25. The molecule has 1 aliphatic rings. The van der Waals surface area contributed by atoms with Gasteiger partial charge in [-0.25, -0.2) is 0 Å². The van der Waals surface area contributed by atoms with Crippen LogP contribution in [0.4, 0.5) is 0 Å². The van der Waals surface area contributed by atoms with Crippen molar-refractivity contribution in [2.45, 2.75) is 19.3 Å². The molecule has 0 spiro atoms. The fourth-order valence-electron chi connectivity index (χ4n) is 2.44. The van der Waals surface area contributed by atoms with Crippen LogP contribution in [0.2, 0.25) is 0 Å². The van der Waals surface area contributed by atoms with Gasteiger partial charge in [-0.3, -0.25) is 0 Å². The van der Waals surface area contributed by atoms with Gasteiger partial charge >= 0.3 is 0 Å². The van der Waals surface area contributed by atoms with E-state index in [4.69, 9.17) is 5.11 Å². The second-order valence-electron chi connectivity index (χ2n) is 4.73. The molecule has 2 nitrogen and oxygen atoms in total. The number of aliphatic hydroxyl groups excluding tert-OH is 1. The predicted octanol–water partition coefficient (Wildman–Crippen LogP) is 1.93. The molecule has 0 radical (unpaired) electrons. The van der Waals surface area contributed by atoms with Crippen LogP contribution in [0.1, 0.15) is 18.4 Å². The zero-order valence-electron chi connectivity index (χ0n) is 9.81. The molecule has 1 aliphatic heterocycles. The van der Waals surface area contributed by atoms with Crippen LogP contribution >= 0.6 is 0 Å². The molecule has 0 aromatic heterocycles. The SMILES string of the molecule is OC[C@@H]1CCCN(CCc2ccccc2)C1. The molecular weight excluding hydrogens is 198 g/mol. The Morgan fingerprint density at radius 1 is 1.25 bits per heavy atom. The molecule has 1 heterocycles. The van der Waals surface area contributed by atoms with Crippen LogP contribution in [-0.4, -0.2) is 36.2 Å². The minimum Gasteiger partial charge on any atom is -0.396 e. The van der Waals surface area contributed by atoms with Crippen molar-refractivity contribution in [1.82, 2.24) is 4.90 Å². The summed E-state index contributed by atoms with van der Waals surface area (Å²) in [4.78, 5) is 2.48. The van der Waals surface area contributed by atoms with Crippen molar-refractivity contribution in [3.05, 3.63) is 35.9 Å². The Balaban J connectivity index is 1.77. The molecule has 2 heteroatoms.